The van der Waals surface area contributed by atoms with Gasteiger partial charge in [-0.25, -0.2) is 4.39 Å². The van der Waals surface area contributed by atoms with Gasteiger partial charge in [0.1, 0.15) is 6.61 Å². The third-order valence-electron chi connectivity index (χ3n) is 3.63. The van der Waals surface area contributed by atoms with E-state index in [-0.39, 0.29) is 23.6 Å². The zero-order valence-corrected chi connectivity index (χ0v) is 14.4. The lowest BCUT2D eigenvalue weighted by Gasteiger charge is -2.24. The molecule has 130 valence electrons. The zero-order chi connectivity index (χ0) is 17.7. The number of para-hydroxylation sites is 1. The molecule has 24 heavy (non-hydrogen) atoms. The molecule has 1 aromatic carbocycles. The number of rotatable bonds is 7. The molecule has 1 atom stereocenters. The number of anilines is 2. The van der Waals surface area contributed by atoms with Gasteiger partial charge in [0, 0.05) is 20.6 Å². The molecule has 0 amide bonds. The molecule has 0 saturated carbocycles. The molecule has 0 aliphatic rings. The second-order valence-electron chi connectivity index (χ2n) is 5.68. The SMILES string of the molecule is C[C@H](c1nc(N)nc(N(C)C)n1)N(C)CCOc1ccccc1F. The highest BCUT2D eigenvalue weighted by atomic mass is 19.1. The molecule has 1 aromatic heterocycles. The van der Waals surface area contributed by atoms with Crippen LogP contribution < -0.4 is 15.4 Å². The van der Waals surface area contributed by atoms with Crippen LogP contribution in [0.1, 0.15) is 18.8 Å². The van der Waals surface area contributed by atoms with Gasteiger partial charge in [0.15, 0.2) is 17.4 Å². The lowest BCUT2D eigenvalue weighted by molar-refractivity contribution is 0.192. The van der Waals surface area contributed by atoms with Gasteiger partial charge in [-0.2, -0.15) is 15.0 Å². The Hall–Kier alpha value is -2.48. The maximum Gasteiger partial charge on any atom is 0.229 e. The Labute approximate surface area is 141 Å². The topological polar surface area (TPSA) is 80.4 Å². The van der Waals surface area contributed by atoms with E-state index in [9.17, 15) is 4.39 Å². The molecule has 0 aliphatic carbocycles. The number of likely N-dealkylation sites (N-methyl/N-ethyl adjacent to an activating group) is 1. The fourth-order valence-corrected chi connectivity index (χ4v) is 2.04. The van der Waals surface area contributed by atoms with Gasteiger partial charge >= 0.3 is 0 Å². The van der Waals surface area contributed by atoms with Gasteiger partial charge in [-0.05, 0) is 26.1 Å². The van der Waals surface area contributed by atoms with E-state index in [0.29, 0.717) is 24.9 Å². The molecule has 2 aromatic rings. The summed E-state index contributed by atoms with van der Waals surface area (Å²) in [6.45, 7) is 2.90. The van der Waals surface area contributed by atoms with E-state index in [1.165, 1.54) is 6.07 Å². The minimum Gasteiger partial charge on any atom is -0.489 e. The Balaban J connectivity index is 1.97. The van der Waals surface area contributed by atoms with E-state index >= 15 is 0 Å². The highest BCUT2D eigenvalue weighted by molar-refractivity contribution is 5.33. The van der Waals surface area contributed by atoms with E-state index in [1.54, 1.807) is 23.1 Å². The van der Waals surface area contributed by atoms with Gasteiger partial charge in [-0.1, -0.05) is 12.1 Å². The predicted molar refractivity (Wildman–Crippen MR) is 91.5 cm³/mol. The van der Waals surface area contributed by atoms with Crippen molar-refractivity contribution in [3.8, 4) is 5.75 Å². The van der Waals surface area contributed by atoms with Crippen molar-refractivity contribution in [2.45, 2.75) is 13.0 Å². The molecule has 0 spiro atoms. The molecule has 2 rings (SSSR count). The third kappa shape index (κ3) is 4.51. The summed E-state index contributed by atoms with van der Waals surface area (Å²) in [6, 6.07) is 6.26. The molecule has 8 heteroatoms. The second-order valence-corrected chi connectivity index (χ2v) is 5.68. The van der Waals surface area contributed by atoms with Crippen molar-refractivity contribution in [2.24, 2.45) is 0 Å². The number of nitrogens with zero attached hydrogens (tertiary/aromatic N) is 5. The quantitative estimate of drug-likeness (QED) is 0.826. The summed E-state index contributed by atoms with van der Waals surface area (Å²) in [4.78, 5) is 16.5. The number of hydrogen-bond acceptors (Lipinski definition) is 7. The molecule has 0 aliphatic heterocycles. The molecule has 0 radical (unpaired) electrons. The first-order valence-electron chi connectivity index (χ1n) is 7.65. The van der Waals surface area contributed by atoms with Crippen LogP contribution in [0.25, 0.3) is 0 Å². The summed E-state index contributed by atoms with van der Waals surface area (Å²) in [5.74, 6) is 1.17. The van der Waals surface area contributed by atoms with Crippen LogP contribution in [-0.4, -0.2) is 54.1 Å². The number of benzene rings is 1. The van der Waals surface area contributed by atoms with Crippen molar-refractivity contribution in [1.82, 2.24) is 19.9 Å². The molecule has 1 heterocycles. The Kier molecular flexibility index (Phi) is 5.86. The molecule has 0 unspecified atom stereocenters. The van der Waals surface area contributed by atoms with Crippen LogP contribution >= 0.6 is 0 Å². The molecular formula is C16H23FN6O. The zero-order valence-electron chi connectivity index (χ0n) is 14.4. The minimum absolute atomic E-state index is 0.0850. The van der Waals surface area contributed by atoms with E-state index < -0.39 is 0 Å². The Bertz CT molecular complexity index is 681. The highest BCUT2D eigenvalue weighted by Gasteiger charge is 2.17. The first kappa shape index (κ1) is 17.9. The number of aromatic nitrogens is 3. The van der Waals surface area contributed by atoms with Crippen LogP contribution in [0.4, 0.5) is 16.3 Å². The van der Waals surface area contributed by atoms with Crippen LogP contribution in [0.2, 0.25) is 0 Å². The monoisotopic (exact) mass is 334 g/mol. The number of ether oxygens (including phenoxy) is 1. The Morgan fingerprint density at radius 1 is 1.17 bits per heavy atom. The Morgan fingerprint density at radius 3 is 2.54 bits per heavy atom. The highest BCUT2D eigenvalue weighted by Crippen LogP contribution is 2.18. The second kappa shape index (κ2) is 7.87. The molecule has 0 saturated heterocycles. The van der Waals surface area contributed by atoms with Crippen LogP contribution in [0, 0.1) is 5.82 Å². The average molecular weight is 334 g/mol. The van der Waals surface area contributed by atoms with Crippen LogP contribution in [0.3, 0.4) is 0 Å². The lowest BCUT2D eigenvalue weighted by atomic mass is 10.3. The first-order chi connectivity index (χ1) is 11.4. The van der Waals surface area contributed by atoms with E-state index in [0.717, 1.165) is 0 Å². The van der Waals surface area contributed by atoms with E-state index in [2.05, 4.69) is 15.0 Å². The molecule has 0 bridgehead atoms. The first-order valence-corrected chi connectivity index (χ1v) is 7.65. The number of nitrogens with two attached hydrogens (primary N) is 1. The minimum atomic E-state index is -0.367. The summed E-state index contributed by atoms with van der Waals surface area (Å²) < 4.78 is 19.0. The maximum atomic E-state index is 13.5. The Morgan fingerprint density at radius 2 is 1.88 bits per heavy atom. The van der Waals surface area contributed by atoms with Crippen molar-refractivity contribution in [3.05, 3.63) is 35.9 Å². The van der Waals surface area contributed by atoms with E-state index in [1.807, 2.05) is 33.0 Å². The van der Waals surface area contributed by atoms with Crippen LogP contribution in [0.15, 0.2) is 24.3 Å². The van der Waals surface area contributed by atoms with Crippen molar-refractivity contribution < 1.29 is 9.13 Å². The summed E-state index contributed by atoms with van der Waals surface area (Å²) in [6.07, 6.45) is 0. The number of nitrogen functional groups attached to an aromatic ring is 1. The lowest BCUT2D eigenvalue weighted by Crippen LogP contribution is -2.29. The smallest absolute Gasteiger partial charge is 0.229 e. The summed E-state index contributed by atoms with van der Waals surface area (Å²) in [7, 11) is 5.61. The normalized spacial score (nSPS) is 12.2. The van der Waals surface area contributed by atoms with Gasteiger partial charge in [0.25, 0.3) is 0 Å². The van der Waals surface area contributed by atoms with Gasteiger partial charge in [0.2, 0.25) is 11.9 Å². The summed E-state index contributed by atoms with van der Waals surface area (Å²) in [5.41, 5.74) is 5.75. The van der Waals surface area contributed by atoms with Crippen molar-refractivity contribution in [2.75, 3.05) is 44.9 Å². The standard InChI is InChI=1S/C16H23FN6O/c1-11(14-19-15(18)21-16(20-14)22(2)3)23(4)9-10-24-13-8-6-5-7-12(13)17/h5-8,11H,9-10H2,1-4H3,(H2,18,19,20,21)/t11-/m1/s1. The van der Waals surface area contributed by atoms with Crippen molar-refractivity contribution >= 4 is 11.9 Å². The average Bonchev–Trinajstić information content (AvgIpc) is 2.55. The summed E-state index contributed by atoms with van der Waals surface area (Å²) >= 11 is 0. The van der Waals surface area contributed by atoms with Gasteiger partial charge in [0.05, 0.1) is 6.04 Å². The summed E-state index contributed by atoms with van der Waals surface area (Å²) in [5, 5.41) is 0. The maximum absolute atomic E-state index is 13.5. The molecule has 0 fully saturated rings. The van der Waals surface area contributed by atoms with E-state index in [4.69, 9.17) is 10.5 Å². The molecular weight excluding hydrogens is 311 g/mol. The molecule has 2 N–H and O–H groups in total. The molecule has 7 nitrogen and oxygen atoms in total. The largest absolute Gasteiger partial charge is 0.489 e. The van der Waals surface area contributed by atoms with Gasteiger partial charge < -0.3 is 15.4 Å². The van der Waals surface area contributed by atoms with Crippen LogP contribution in [0.5, 0.6) is 5.75 Å². The van der Waals surface area contributed by atoms with Crippen LogP contribution in [-0.2, 0) is 0 Å². The fraction of sp³-hybridized carbons (Fsp3) is 0.438. The fourth-order valence-electron chi connectivity index (χ4n) is 2.04. The predicted octanol–water partition coefficient (Wildman–Crippen LogP) is 1.73. The third-order valence-corrected chi connectivity index (χ3v) is 3.63. The van der Waals surface area contributed by atoms with Gasteiger partial charge in [-0.15, -0.1) is 0 Å². The number of hydrogen-bond donors (Lipinski definition) is 1. The van der Waals surface area contributed by atoms with Crippen molar-refractivity contribution in [1.29, 1.82) is 0 Å². The van der Waals surface area contributed by atoms with Crippen molar-refractivity contribution in [3.63, 3.8) is 0 Å². The van der Waals surface area contributed by atoms with Gasteiger partial charge in [-0.3, -0.25) is 4.90 Å². The number of halogens is 1.